The normalized spacial score (nSPS) is 21.1. The van der Waals surface area contributed by atoms with Crippen molar-refractivity contribution in [3.63, 3.8) is 0 Å². The molecule has 1 aliphatic heterocycles. The molecule has 0 bridgehead atoms. The van der Waals surface area contributed by atoms with Crippen molar-refractivity contribution in [1.82, 2.24) is 4.90 Å². The highest BCUT2D eigenvalue weighted by Gasteiger charge is 2.19. The van der Waals surface area contributed by atoms with Crippen molar-refractivity contribution >= 4 is 5.78 Å². The number of likely N-dealkylation sites (tertiary alicyclic amines) is 1. The van der Waals surface area contributed by atoms with Crippen molar-refractivity contribution in [2.75, 3.05) is 19.6 Å². The van der Waals surface area contributed by atoms with Crippen molar-refractivity contribution in [2.45, 2.75) is 32.6 Å². The van der Waals surface area contributed by atoms with Gasteiger partial charge in [-0.25, -0.2) is 4.39 Å². The fourth-order valence-corrected chi connectivity index (χ4v) is 2.77. The molecule has 1 saturated heterocycles. The van der Waals surface area contributed by atoms with Crippen LogP contribution in [0.15, 0.2) is 24.3 Å². The second-order valence-corrected chi connectivity index (χ2v) is 5.38. The van der Waals surface area contributed by atoms with E-state index < -0.39 is 5.82 Å². The quantitative estimate of drug-likeness (QED) is 0.775. The monoisotopic (exact) mass is 263 g/mol. The highest BCUT2D eigenvalue weighted by Crippen LogP contribution is 2.20. The number of Topliss-reactive ketones (excluding diaryl/α,β-unsaturated/α-hetero) is 1. The average molecular weight is 263 g/mol. The number of carbonyl (C=O) groups excluding carboxylic acids is 1. The minimum atomic E-state index is -0.409. The summed E-state index contributed by atoms with van der Waals surface area (Å²) in [5.41, 5.74) is 0.221. The zero-order valence-corrected chi connectivity index (χ0v) is 11.6. The molecule has 1 aliphatic rings. The Kier molecular flexibility index (Phi) is 5.08. The Hall–Kier alpha value is -1.22. The Morgan fingerprint density at radius 1 is 1.32 bits per heavy atom. The standard InChI is InChI=1S/C16H22FNO/c1-2-13-6-5-10-18(11-9-13)12-16(19)14-7-3-4-8-15(14)17/h3-4,7-8,13H,2,5-6,9-12H2,1H3. The van der Waals surface area contributed by atoms with E-state index >= 15 is 0 Å². The zero-order valence-electron chi connectivity index (χ0n) is 11.6. The van der Waals surface area contributed by atoms with Crippen LogP contribution < -0.4 is 0 Å². The molecule has 2 rings (SSSR count). The predicted molar refractivity (Wildman–Crippen MR) is 74.8 cm³/mol. The Morgan fingerprint density at radius 2 is 2.11 bits per heavy atom. The minimum absolute atomic E-state index is 0.104. The highest BCUT2D eigenvalue weighted by molar-refractivity contribution is 5.97. The van der Waals surface area contributed by atoms with Crippen molar-refractivity contribution in [3.05, 3.63) is 35.6 Å². The van der Waals surface area contributed by atoms with Crippen LogP contribution in [0.1, 0.15) is 43.0 Å². The van der Waals surface area contributed by atoms with Crippen LogP contribution >= 0.6 is 0 Å². The molecule has 3 heteroatoms. The van der Waals surface area contributed by atoms with Crippen LogP contribution in [0.25, 0.3) is 0 Å². The molecular weight excluding hydrogens is 241 g/mol. The molecule has 0 aromatic heterocycles. The van der Waals surface area contributed by atoms with E-state index in [1.54, 1.807) is 18.2 Å². The van der Waals surface area contributed by atoms with E-state index in [9.17, 15) is 9.18 Å². The number of nitrogens with zero attached hydrogens (tertiary/aromatic N) is 1. The number of halogens is 1. The minimum Gasteiger partial charge on any atom is -0.296 e. The molecule has 0 aliphatic carbocycles. The van der Waals surface area contributed by atoms with Gasteiger partial charge < -0.3 is 0 Å². The van der Waals surface area contributed by atoms with Crippen LogP contribution in [0.4, 0.5) is 4.39 Å². The van der Waals surface area contributed by atoms with Gasteiger partial charge in [-0.3, -0.25) is 9.69 Å². The topological polar surface area (TPSA) is 20.3 Å². The lowest BCUT2D eigenvalue weighted by Gasteiger charge is -2.19. The van der Waals surface area contributed by atoms with Gasteiger partial charge in [0, 0.05) is 0 Å². The highest BCUT2D eigenvalue weighted by atomic mass is 19.1. The fourth-order valence-electron chi connectivity index (χ4n) is 2.77. The third-order valence-corrected chi connectivity index (χ3v) is 4.06. The fraction of sp³-hybridized carbons (Fsp3) is 0.562. The summed E-state index contributed by atoms with van der Waals surface area (Å²) >= 11 is 0. The van der Waals surface area contributed by atoms with Crippen LogP contribution in [-0.4, -0.2) is 30.3 Å². The van der Waals surface area contributed by atoms with Gasteiger partial charge in [0.25, 0.3) is 0 Å². The number of hydrogen-bond acceptors (Lipinski definition) is 2. The van der Waals surface area contributed by atoms with Gasteiger partial charge in [-0.15, -0.1) is 0 Å². The van der Waals surface area contributed by atoms with Crippen LogP contribution in [0.3, 0.4) is 0 Å². The van der Waals surface area contributed by atoms with E-state index in [0.717, 1.165) is 31.8 Å². The largest absolute Gasteiger partial charge is 0.296 e. The number of benzene rings is 1. The first-order valence-corrected chi connectivity index (χ1v) is 7.20. The first-order chi connectivity index (χ1) is 9.20. The predicted octanol–water partition coefficient (Wildman–Crippen LogP) is 3.52. The maximum atomic E-state index is 13.6. The molecule has 19 heavy (non-hydrogen) atoms. The van der Waals surface area contributed by atoms with Gasteiger partial charge in [0.1, 0.15) is 5.82 Å². The van der Waals surface area contributed by atoms with E-state index in [4.69, 9.17) is 0 Å². The Labute approximate surface area is 114 Å². The number of hydrogen-bond donors (Lipinski definition) is 0. The molecule has 0 spiro atoms. The van der Waals surface area contributed by atoms with Crippen molar-refractivity contribution in [2.24, 2.45) is 5.92 Å². The smallest absolute Gasteiger partial charge is 0.179 e. The Balaban J connectivity index is 1.94. The molecule has 0 radical (unpaired) electrons. The molecule has 1 aromatic carbocycles. The lowest BCUT2D eigenvalue weighted by atomic mass is 9.98. The lowest BCUT2D eigenvalue weighted by Crippen LogP contribution is -2.31. The summed E-state index contributed by atoms with van der Waals surface area (Å²) in [7, 11) is 0. The SMILES string of the molecule is CCC1CCCN(CC(=O)c2ccccc2F)CC1. The summed E-state index contributed by atoms with van der Waals surface area (Å²) in [4.78, 5) is 14.3. The van der Waals surface area contributed by atoms with Crippen molar-refractivity contribution in [1.29, 1.82) is 0 Å². The number of rotatable bonds is 4. The number of ketones is 1. The van der Waals surface area contributed by atoms with Gasteiger partial charge in [0.2, 0.25) is 0 Å². The molecule has 1 heterocycles. The van der Waals surface area contributed by atoms with Gasteiger partial charge >= 0.3 is 0 Å². The molecule has 1 atom stereocenters. The summed E-state index contributed by atoms with van der Waals surface area (Å²) in [6.45, 7) is 4.48. The molecule has 0 N–H and O–H groups in total. The lowest BCUT2D eigenvalue weighted by molar-refractivity contribution is 0.0928. The van der Waals surface area contributed by atoms with Crippen LogP contribution in [0.5, 0.6) is 0 Å². The van der Waals surface area contributed by atoms with Gasteiger partial charge in [-0.1, -0.05) is 25.5 Å². The summed E-state index contributed by atoms with van der Waals surface area (Å²) in [5.74, 6) is 0.273. The third kappa shape index (κ3) is 3.87. The van der Waals surface area contributed by atoms with Crippen LogP contribution in [0, 0.1) is 11.7 Å². The van der Waals surface area contributed by atoms with Crippen LogP contribution in [0.2, 0.25) is 0 Å². The van der Waals surface area contributed by atoms with Gasteiger partial charge in [-0.2, -0.15) is 0 Å². The maximum Gasteiger partial charge on any atom is 0.179 e. The van der Waals surface area contributed by atoms with Gasteiger partial charge in [-0.05, 0) is 50.4 Å². The summed E-state index contributed by atoms with van der Waals surface area (Å²) in [6.07, 6.45) is 4.76. The number of carbonyl (C=O) groups is 1. The van der Waals surface area contributed by atoms with Crippen molar-refractivity contribution in [3.8, 4) is 0 Å². The van der Waals surface area contributed by atoms with Gasteiger partial charge in [0.15, 0.2) is 5.78 Å². The first kappa shape index (κ1) is 14.2. The van der Waals surface area contributed by atoms with E-state index in [-0.39, 0.29) is 11.3 Å². The molecule has 104 valence electrons. The molecule has 0 amide bonds. The second-order valence-electron chi connectivity index (χ2n) is 5.38. The summed E-state index contributed by atoms with van der Waals surface area (Å²) < 4.78 is 13.6. The Bertz CT molecular complexity index is 433. The third-order valence-electron chi connectivity index (χ3n) is 4.06. The van der Waals surface area contributed by atoms with E-state index in [2.05, 4.69) is 11.8 Å². The van der Waals surface area contributed by atoms with Crippen molar-refractivity contribution < 1.29 is 9.18 Å². The summed E-state index contributed by atoms with van der Waals surface area (Å²) in [6, 6.07) is 6.25. The molecule has 2 nitrogen and oxygen atoms in total. The van der Waals surface area contributed by atoms with Crippen LogP contribution in [-0.2, 0) is 0 Å². The summed E-state index contributed by atoms with van der Waals surface area (Å²) in [5, 5.41) is 0. The van der Waals surface area contributed by atoms with E-state index in [0.29, 0.717) is 6.54 Å². The maximum absolute atomic E-state index is 13.6. The molecule has 1 unspecified atom stereocenters. The molecule has 1 fully saturated rings. The second kappa shape index (κ2) is 6.80. The average Bonchev–Trinajstić information content (AvgIpc) is 2.64. The molecule has 0 saturated carbocycles. The first-order valence-electron chi connectivity index (χ1n) is 7.20. The van der Waals surface area contributed by atoms with E-state index in [1.807, 2.05) is 0 Å². The van der Waals surface area contributed by atoms with E-state index in [1.165, 1.54) is 18.9 Å². The molecular formula is C16H22FNO. The zero-order chi connectivity index (χ0) is 13.7. The Morgan fingerprint density at radius 3 is 2.84 bits per heavy atom. The molecule has 1 aromatic rings. The van der Waals surface area contributed by atoms with Gasteiger partial charge in [0.05, 0.1) is 12.1 Å².